The molecule has 0 aromatic carbocycles. The van der Waals surface area contributed by atoms with Gasteiger partial charge in [0, 0.05) is 13.1 Å². The van der Waals surface area contributed by atoms with Crippen molar-refractivity contribution < 1.29 is 9.59 Å². The molecule has 0 aliphatic carbocycles. The molecule has 0 saturated carbocycles. The quantitative estimate of drug-likeness (QED) is 0.430. The van der Waals surface area contributed by atoms with Crippen LogP contribution >= 0.6 is 0 Å². The van der Waals surface area contributed by atoms with Crippen LogP contribution in [0.15, 0.2) is 12.2 Å². The van der Waals surface area contributed by atoms with Crippen molar-refractivity contribution in [3.05, 3.63) is 12.2 Å². The molecule has 0 spiro atoms. The molecule has 0 saturated heterocycles. The van der Waals surface area contributed by atoms with Gasteiger partial charge >= 0.3 is 0 Å². The Morgan fingerprint density at radius 2 is 1.73 bits per heavy atom. The normalized spacial score (nSPS) is 16.1. The number of carbonyl (C=O) groups is 2. The number of carbonyl (C=O) groups excluding carboxylic acids is 2. The van der Waals surface area contributed by atoms with Crippen LogP contribution in [0.2, 0.25) is 0 Å². The third-order valence-electron chi connectivity index (χ3n) is 2.86. The first-order valence-electron chi connectivity index (χ1n) is 4.83. The summed E-state index contributed by atoms with van der Waals surface area (Å²) in [6, 6.07) is 0. The van der Waals surface area contributed by atoms with Crippen LogP contribution in [0.25, 0.3) is 0 Å². The van der Waals surface area contributed by atoms with Gasteiger partial charge in [0.15, 0.2) is 0 Å². The van der Waals surface area contributed by atoms with Crippen LogP contribution in [0.5, 0.6) is 0 Å². The summed E-state index contributed by atoms with van der Waals surface area (Å²) >= 11 is 0. The first-order valence-corrected chi connectivity index (χ1v) is 4.83. The van der Waals surface area contributed by atoms with E-state index in [0.29, 0.717) is 6.29 Å². The zero-order chi connectivity index (χ0) is 12.3. The zero-order valence-corrected chi connectivity index (χ0v) is 10.1. The summed E-state index contributed by atoms with van der Waals surface area (Å²) < 4.78 is 0. The van der Waals surface area contributed by atoms with Crippen molar-refractivity contribution in [1.29, 1.82) is 0 Å². The van der Waals surface area contributed by atoms with E-state index in [0.717, 1.165) is 6.08 Å². The lowest BCUT2D eigenvalue weighted by atomic mass is 9.81. The summed E-state index contributed by atoms with van der Waals surface area (Å²) in [5.74, 6) is -0.276. The molecule has 1 amide bonds. The van der Waals surface area contributed by atoms with Gasteiger partial charge in [-0.2, -0.15) is 0 Å². The van der Waals surface area contributed by atoms with Gasteiger partial charge < -0.3 is 10.6 Å². The lowest BCUT2D eigenvalue weighted by Crippen LogP contribution is -2.61. The third kappa shape index (κ3) is 3.16. The van der Waals surface area contributed by atoms with Crippen LogP contribution in [0.3, 0.4) is 0 Å². The molecular formula is C11H20N2O2. The second-order valence-corrected chi connectivity index (χ2v) is 4.79. The molecule has 2 N–H and O–H groups in total. The Labute approximate surface area is 91.1 Å². The third-order valence-corrected chi connectivity index (χ3v) is 2.86. The fourth-order valence-corrected chi connectivity index (χ4v) is 0.965. The molecule has 0 aliphatic heterocycles. The number of hydrogen-bond donors (Lipinski definition) is 1. The van der Waals surface area contributed by atoms with Crippen LogP contribution in [-0.2, 0) is 9.59 Å². The Morgan fingerprint density at radius 1 is 1.27 bits per heavy atom. The molecule has 1 atom stereocenters. The standard InChI is InChI=1S/C11H20N2O2/c1-10(2,3)11(4,12)13(5)9(15)7-6-8-14/h6-8H,12H2,1-5H3/b7-6-. The minimum absolute atomic E-state index is 0.244. The number of rotatable bonds is 3. The van der Waals surface area contributed by atoms with Gasteiger partial charge in [0.25, 0.3) is 0 Å². The van der Waals surface area contributed by atoms with Crippen LogP contribution in [-0.4, -0.2) is 29.8 Å². The van der Waals surface area contributed by atoms with Crippen LogP contribution < -0.4 is 5.73 Å². The summed E-state index contributed by atoms with van der Waals surface area (Å²) in [5, 5.41) is 0. The van der Waals surface area contributed by atoms with Crippen molar-refractivity contribution in [2.45, 2.75) is 33.4 Å². The number of hydrogen-bond acceptors (Lipinski definition) is 3. The Morgan fingerprint density at radius 3 is 2.07 bits per heavy atom. The van der Waals surface area contributed by atoms with Gasteiger partial charge in [-0.05, 0) is 18.4 Å². The van der Waals surface area contributed by atoms with Crippen molar-refractivity contribution in [3.8, 4) is 0 Å². The van der Waals surface area contributed by atoms with Gasteiger partial charge in [0.1, 0.15) is 6.29 Å². The summed E-state index contributed by atoms with van der Waals surface area (Å²) in [6.45, 7) is 7.67. The van der Waals surface area contributed by atoms with Crippen LogP contribution in [0, 0.1) is 5.41 Å². The minimum Gasteiger partial charge on any atom is -0.324 e. The highest BCUT2D eigenvalue weighted by atomic mass is 16.2. The zero-order valence-electron chi connectivity index (χ0n) is 10.1. The van der Waals surface area contributed by atoms with E-state index < -0.39 is 5.66 Å². The smallest absolute Gasteiger partial charge is 0.247 e. The predicted molar refractivity (Wildman–Crippen MR) is 60.0 cm³/mol. The average Bonchev–Trinajstić information content (AvgIpc) is 2.10. The van der Waals surface area contributed by atoms with E-state index in [9.17, 15) is 9.59 Å². The van der Waals surface area contributed by atoms with Gasteiger partial charge in [-0.3, -0.25) is 9.59 Å². The topological polar surface area (TPSA) is 63.4 Å². The molecule has 86 valence electrons. The van der Waals surface area contributed by atoms with Gasteiger partial charge in [-0.25, -0.2) is 0 Å². The van der Waals surface area contributed by atoms with Crippen LogP contribution in [0.4, 0.5) is 0 Å². The van der Waals surface area contributed by atoms with Crippen molar-refractivity contribution in [2.75, 3.05) is 7.05 Å². The Bertz CT molecular complexity index is 275. The molecule has 0 aromatic rings. The van der Waals surface area contributed by atoms with Gasteiger partial charge in [0.2, 0.25) is 5.91 Å². The monoisotopic (exact) mass is 212 g/mol. The molecule has 0 aromatic heterocycles. The largest absolute Gasteiger partial charge is 0.324 e. The number of allylic oxidation sites excluding steroid dienone is 1. The Hall–Kier alpha value is -1.16. The molecule has 0 radical (unpaired) electrons. The summed E-state index contributed by atoms with van der Waals surface area (Å²) in [6.07, 6.45) is 2.94. The number of nitrogens with two attached hydrogens (primary N) is 1. The molecule has 0 bridgehead atoms. The van der Waals surface area contributed by atoms with E-state index in [1.807, 2.05) is 20.8 Å². The first-order chi connectivity index (χ1) is 6.64. The van der Waals surface area contributed by atoms with E-state index in [-0.39, 0.29) is 11.3 Å². The van der Waals surface area contributed by atoms with E-state index in [2.05, 4.69) is 0 Å². The summed E-state index contributed by atoms with van der Waals surface area (Å²) in [7, 11) is 1.63. The molecule has 4 heteroatoms. The van der Waals surface area contributed by atoms with Crippen molar-refractivity contribution >= 4 is 12.2 Å². The SMILES string of the molecule is CN(C(=O)/C=C\C=O)C(C)(N)C(C)(C)C. The van der Waals surface area contributed by atoms with Crippen molar-refractivity contribution in [3.63, 3.8) is 0 Å². The highest BCUT2D eigenvalue weighted by molar-refractivity contribution is 5.91. The predicted octanol–water partition coefficient (Wildman–Crippen LogP) is 0.921. The minimum atomic E-state index is -0.767. The van der Waals surface area contributed by atoms with Gasteiger partial charge in [0.05, 0.1) is 5.66 Å². The summed E-state index contributed by atoms with van der Waals surface area (Å²) in [5.41, 5.74) is 5.08. The molecule has 0 rings (SSSR count). The number of likely N-dealkylation sites (N-methyl/N-ethyl adjacent to an activating group) is 1. The maximum absolute atomic E-state index is 11.6. The van der Waals surface area contributed by atoms with Gasteiger partial charge in [-0.1, -0.05) is 20.8 Å². The Kier molecular flexibility index (Phi) is 4.22. The van der Waals surface area contributed by atoms with E-state index in [1.165, 1.54) is 11.0 Å². The highest BCUT2D eigenvalue weighted by Crippen LogP contribution is 2.30. The molecule has 15 heavy (non-hydrogen) atoms. The number of amides is 1. The Balaban J connectivity index is 4.85. The average molecular weight is 212 g/mol. The van der Waals surface area contributed by atoms with E-state index >= 15 is 0 Å². The maximum atomic E-state index is 11.6. The highest BCUT2D eigenvalue weighted by Gasteiger charge is 2.38. The molecule has 1 unspecified atom stereocenters. The molecule has 0 fully saturated rings. The lowest BCUT2D eigenvalue weighted by Gasteiger charge is -2.45. The van der Waals surface area contributed by atoms with Crippen molar-refractivity contribution in [1.82, 2.24) is 4.90 Å². The second-order valence-electron chi connectivity index (χ2n) is 4.79. The van der Waals surface area contributed by atoms with E-state index in [4.69, 9.17) is 5.73 Å². The lowest BCUT2D eigenvalue weighted by molar-refractivity contribution is -0.134. The first kappa shape index (κ1) is 13.8. The number of aldehydes is 1. The fourth-order valence-electron chi connectivity index (χ4n) is 0.965. The van der Waals surface area contributed by atoms with Crippen LogP contribution in [0.1, 0.15) is 27.7 Å². The second kappa shape index (κ2) is 4.57. The molecular weight excluding hydrogens is 192 g/mol. The van der Waals surface area contributed by atoms with E-state index in [1.54, 1.807) is 14.0 Å². The number of nitrogens with zero attached hydrogens (tertiary/aromatic N) is 1. The van der Waals surface area contributed by atoms with Crippen molar-refractivity contribution in [2.24, 2.45) is 11.1 Å². The maximum Gasteiger partial charge on any atom is 0.247 e. The molecule has 4 nitrogen and oxygen atoms in total. The van der Waals surface area contributed by atoms with Gasteiger partial charge in [-0.15, -0.1) is 0 Å². The molecule has 0 aliphatic rings. The molecule has 0 heterocycles. The fraction of sp³-hybridized carbons (Fsp3) is 0.636. The summed E-state index contributed by atoms with van der Waals surface area (Å²) in [4.78, 5) is 23.1.